The van der Waals surface area contributed by atoms with Crippen LogP contribution < -0.4 is 16.0 Å². The molecule has 0 aliphatic carbocycles. The number of hydrogen-bond donors (Lipinski definition) is 4. The number of benzene rings is 1. The summed E-state index contributed by atoms with van der Waals surface area (Å²) in [7, 11) is 0. The number of amides is 1. The third kappa shape index (κ3) is 7.27. The molecule has 4 N–H and O–H groups in total. The molecular formula is C22H32N4O3. The Kier molecular flexibility index (Phi) is 8.73. The highest BCUT2D eigenvalue weighted by molar-refractivity contribution is 5.94. The van der Waals surface area contributed by atoms with Crippen LogP contribution in [-0.2, 0) is 12.1 Å². The molecule has 29 heavy (non-hydrogen) atoms. The fraction of sp³-hybridized carbons (Fsp3) is 0.455. The normalized spacial score (nSPS) is 13.6. The van der Waals surface area contributed by atoms with Crippen molar-refractivity contribution in [3.63, 3.8) is 0 Å². The van der Waals surface area contributed by atoms with Crippen LogP contribution >= 0.6 is 0 Å². The van der Waals surface area contributed by atoms with E-state index in [0.29, 0.717) is 36.9 Å². The summed E-state index contributed by atoms with van der Waals surface area (Å²) in [6, 6.07) is 10.9. The van der Waals surface area contributed by atoms with E-state index >= 15 is 0 Å². The van der Waals surface area contributed by atoms with Crippen molar-refractivity contribution in [3.05, 3.63) is 59.5 Å². The fourth-order valence-electron chi connectivity index (χ4n) is 2.68. The number of aliphatic hydroxyl groups is 1. The Morgan fingerprint density at radius 3 is 2.52 bits per heavy atom. The molecule has 1 heterocycles. The lowest BCUT2D eigenvalue weighted by Gasteiger charge is -2.22. The third-order valence-electron chi connectivity index (χ3n) is 4.45. The minimum atomic E-state index is -1.15. The standard InChI is InChI=1S/C22H32N4O3/c1-4-6-13-24-20(27)18-11-9-17(10-12-18)15-25-21(23-5-2)26-16-22(3,28)19-8-7-14-29-19/h7-12,14,28H,4-6,13,15-16H2,1-3H3,(H,24,27)(H2,23,25,26). The fourth-order valence-corrected chi connectivity index (χ4v) is 2.68. The quantitative estimate of drug-likeness (QED) is 0.279. The maximum Gasteiger partial charge on any atom is 0.251 e. The molecule has 2 rings (SSSR count). The van der Waals surface area contributed by atoms with Gasteiger partial charge in [-0.25, -0.2) is 4.99 Å². The van der Waals surface area contributed by atoms with E-state index in [-0.39, 0.29) is 12.5 Å². The van der Waals surface area contributed by atoms with E-state index in [2.05, 4.69) is 27.9 Å². The zero-order valence-electron chi connectivity index (χ0n) is 17.5. The number of nitrogens with one attached hydrogen (secondary N) is 3. The van der Waals surface area contributed by atoms with Crippen LogP contribution in [0.3, 0.4) is 0 Å². The predicted octanol–water partition coefficient (Wildman–Crippen LogP) is 2.77. The van der Waals surface area contributed by atoms with E-state index < -0.39 is 5.60 Å². The summed E-state index contributed by atoms with van der Waals surface area (Å²) >= 11 is 0. The molecule has 0 fully saturated rings. The van der Waals surface area contributed by atoms with Gasteiger partial charge >= 0.3 is 0 Å². The molecule has 1 aromatic heterocycles. The van der Waals surface area contributed by atoms with E-state index in [1.807, 2.05) is 31.2 Å². The average molecular weight is 401 g/mol. The summed E-state index contributed by atoms with van der Waals surface area (Å²) in [5.41, 5.74) is 0.491. The highest BCUT2D eigenvalue weighted by atomic mass is 16.4. The SMILES string of the molecule is CCCCNC(=O)c1ccc(CN=C(NCC)NCC(C)(O)c2ccco2)cc1. The average Bonchev–Trinajstić information content (AvgIpc) is 3.26. The number of carbonyl (C=O) groups is 1. The van der Waals surface area contributed by atoms with Crippen LogP contribution in [0.5, 0.6) is 0 Å². The van der Waals surface area contributed by atoms with Gasteiger partial charge in [-0.15, -0.1) is 0 Å². The van der Waals surface area contributed by atoms with E-state index in [1.165, 1.54) is 6.26 Å². The summed E-state index contributed by atoms with van der Waals surface area (Å²) < 4.78 is 5.30. The number of nitrogens with zero attached hydrogens (tertiary/aromatic N) is 1. The number of aliphatic imine (C=N–C) groups is 1. The molecule has 0 bridgehead atoms. The molecule has 0 aliphatic heterocycles. The van der Waals surface area contributed by atoms with Gasteiger partial charge in [0.1, 0.15) is 11.4 Å². The van der Waals surface area contributed by atoms with Crippen molar-refractivity contribution < 1.29 is 14.3 Å². The van der Waals surface area contributed by atoms with E-state index in [0.717, 1.165) is 18.4 Å². The molecule has 0 radical (unpaired) electrons. The van der Waals surface area contributed by atoms with Crippen molar-refractivity contribution in [2.24, 2.45) is 4.99 Å². The number of guanidine groups is 1. The Labute approximate surface area is 172 Å². The first-order valence-corrected chi connectivity index (χ1v) is 10.1. The Hall–Kier alpha value is -2.80. The molecule has 0 aliphatic rings. The molecule has 1 aromatic carbocycles. The van der Waals surface area contributed by atoms with Gasteiger partial charge in [0.05, 0.1) is 19.4 Å². The van der Waals surface area contributed by atoms with Crippen LogP contribution in [0.4, 0.5) is 0 Å². The van der Waals surface area contributed by atoms with Crippen LogP contribution in [0.2, 0.25) is 0 Å². The van der Waals surface area contributed by atoms with Crippen molar-refractivity contribution in [3.8, 4) is 0 Å². The Morgan fingerprint density at radius 2 is 1.90 bits per heavy atom. The molecule has 1 unspecified atom stereocenters. The Balaban J connectivity index is 1.93. The highest BCUT2D eigenvalue weighted by Crippen LogP contribution is 2.19. The topological polar surface area (TPSA) is 98.9 Å². The van der Waals surface area contributed by atoms with Crippen molar-refractivity contribution in [2.45, 2.75) is 45.8 Å². The monoisotopic (exact) mass is 400 g/mol. The van der Waals surface area contributed by atoms with Crippen LogP contribution in [0, 0.1) is 0 Å². The first kappa shape index (κ1) is 22.5. The Bertz CT molecular complexity index is 768. The molecule has 0 saturated carbocycles. The predicted molar refractivity (Wildman–Crippen MR) is 115 cm³/mol. The summed E-state index contributed by atoms with van der Waals surface area (Å²) in [5, 5.41) is 19.8. The summed E-state index contributed by atoms with van der Waals surface area (Å²) in [6.07, 6.45) is 3.57. The number of unbranched alkanes of at least 4 members (excludes halogenated alkanes) is 1. The molecule has 1 atom stereocenters. The van der Waals surface area contributed by atoms with Gasteiger partial charge in [-0.3, -0.25) is 4.79 Å². The van der Waals surface area contributed by atoms with Crippen molar-refractivity contribution in [1.29, 1.82) is 0 Å². The van der Waals surface area contributed by atoms with Gasteiger partial charge in [0.2, 0.25) is 0 Å². The van der Waals surface area contributed by atoms with Crippen LogP contribution in [0.25, 0.3) is 0 Å². The van der Waals surface area contributed by atoms with Gasteiger partial charge in [0, 0.05) is 18.7 Å². The van der Waals surface area contributed by atoms with E-state index in [4.69, 9.17) is 4.42 Å². The molecule has 2 aromatic rings. The third-order valence-corrected chi connectivity index (χ3v) is 4.45. The largest absolute Gasteiger partial charge is 0.466 e. The van der Waals surface area contributed by atoms with Crippen molar-refractivity contribution in [1.82, 2.24) is 16.0 Å². The molecule has 158 valence electrons. The lowest BCUT2D eigenvalue weighted by atomic mass is 10.0. The second-order valence-corrected chi connectivity index (χ2v) is 7.11. The maximum atomic E-state index is 12.1. The smallest absolute Gasteiger partial charge is 0.251 e. The summed E-state index contributed by atoms with van der Waals surface area (Å²) in [5.74, 6) is 1.04. The first-order chi connectivity index (χ1) is 14.0. The minimum Gasteiger partial charge on any atom is -0.466 e. The molecule has 1 amide bonds. The van der Waals surface area contributed by atoms with Crippen molar-refractivity contribution in [2.75, 3.05) is 19.6 Å². The van der Waals surface area contributed by atoms with Gasteiger partial charge in [0.25, 0.3) is 5.91 Å². The lowest BCUT2D eigenvalue weighted by molar-refractivity contribution is 0.0386. The number of furan rings is 1. The second kappa shape index (κ2) is 11.3. The Morgan fingerprint density at radius 1 is 1.14 bits per heavy atom. The number of hydrogen-bond acceptors (Lipinski definition) is 4. The number of rotatable bonds is 10. The zero-order chi connectivity index (χ0) is 21.1. The van der Waals surface area contributed by atoms with E-state index in [9.17, 15) is 9.90 Å². The van der Waals surface area contributed by atoms with Gasteiger partial charge in [-0.2, -0.15) is 0 Å². The minimum absolute atomic E-state index is 0.0522. The molecule has 0 saturated heterocycles. The van der Waals surface area contributed by atoms with Gasteiger partial charge in [-0.1, -0.05) is 25.5 Å². The second-order valence-electron chi connectivity index (χ2n) is 7.11. The van der Waals surface area contributed by atoms with Crippen LogP contribution in [-0.4, -0.2) is 36.6 Å². The van der Waals surface area contributed by atoms with Crippen LogP contribution in [0.1, 0.15) is 55.3 Å². The van der Waals surface area contributed by atoms with Gasteiger partial charge in [0.15, 0.2) is 5.96 Å². The van der Waals surface area contributed by atoms with Crippen LogP contribution in [0.15, 0.2) is 52.1 Å². The summed E-state index contributed by atoms with van der Waals surface area (Å²) in [6.45, 7) is 7.86. The molecule has 7 nitrogen and oxygen atoms in total. The van der Waals surface area contributed by atoms with Gasteiger partial charge < -0.3 is 25.5 Å². The first-order valence-electron chi connectivity index (χ1n) is 10.1. The molecule has 0 spiro atoms. The zero-order valence-corrected chi connectivity index (χ0v) is 17.5. The highest BCUT2D eigenvalue weighted by Gasteiger charge is 2.26. The molecule has 7 heteroatoms. The summed E-state index contributed by atoms with van der Waals surface area (Å²) in [4.78, 5) is 16.6. The molecular weight excluding hydrogens is 368 g/mol. The van der Waals surface area contributed by atoms with E-state index in [1.54, 1.807) is 19.1 Å². The lowest BCUT2D eigenvalue weighted by Crippen LogP contribution is -2.44. The maximum absolute atomic E-state index is 12.1. The van der Waals surface area contributed by atoms with Crippen molar-refractivity contribution >= 4 is 11.9 Å². The van der Waals surface area contributed by atoms with Gasteiger partial charge in [-0.05, 0) is 50.1 Å². The number of carbonyl (C=O) groups excluding carboxylic acids is 1.